The van der Waals surface area contributed by atoms with Gasteiger partial charge in [-0.3, -0.25) is 9.69 Å². The van der Waals surface area contributed by atoms with E-state index in [0.29, 0.717) is 36.3 Å². The fraction of sp³-hybridized carbons (Fsp3) is 0.588. The first-order valence-corrected chi connectivity index (χ1v) is 8.66. The third-order valence-corrected chi connectivity index (χ3v) is 4.90. The molecule has 4 rings (SSSR count). The number of aromatic nitrogens is 4. The molecule has 0 radical (unpaired) electrons. The Morgan fingerprint density at radius 1 is 1.20 bits per heavy atom. The number of rotatable bonds is 3. The van der Waals surface area contributed by atoms with E-state index in [1.54, 1.807) is 13.1 Å². The number of carbonyl (C=O) groups excluding carboxylic acids is 1. The molecule has 1 atom stereocenters. The number of amides is 1. The second-order valence-electron chi connectivity index (χ2n) is 6.92. The Morgan fingerprint density at radius 2 is 2.00 bits per heavy atom. The number of carbonyl (C=O) groups is 1. The van der Waals surface area contributed by atoms with Gasteiger partial charge in [0.05, 0.1) is 11.3 Å². The van der Waals surface area contributed by atoms with Gasteiger partial charge in [-0.05, 0) is 33.7 Å². The summed E-state index contributed by atoms with van der Waals surface area (Å²) in [5, 5.41) is 3.87. The predicted molar refractivity (Wildman–Crippen MR) is 89.1 cm³/mol. The summed E-state index contributed by atoms with van der Waals surface area (Å²) < 4.78 is 5.33. The molecule has 0 N–H and O–H groups in total. The molecule has 25 heavy (non-hydrogen) atoms. The third kappa shape index (κ3) is 3.13. The van der Waals surface area contributed by atoms with Crippen molar-refractivity contribution in [2.75, 3.05) is 26.7 Å². The van der Waals surface area contributed by atoms with Crippen molar-refractivity contribution in [1.82, 2.24) is 29.9 Å². The van der Waals surface area contributed by atoms with E-state index >= 15 is 0 Å². The lowest BCUT2D eigenvalue weighted by atomic mass is 10.1. The Kier molecular flexibility index (Phi) is 3.99. The molecule has 8 nitrogen and oxygen atoms in total. The molecule has 2 fully saturated rings. The second-order valence-corrected chi connectivity index (χ2v) is 6.92. The van der Waals surface area contributed by atoms with Crippen LogP contribution in [0.1, 0.15) is 58.4 Å². The summed E-state index contributed by atoms with van der Waals surface area (Å²) in [6.07, 6.45) is 3.88. The molecule has 2 aliphatic rings. The van der Waals surface area contributed by atoms with Gasteiger partial charge in [-0.1, -0.05) is 5.16 Å². The summed E-state index contributed by atoms with van der Waals surface area (Å²) in [6, 6.07) is -0.0883. The molecule has 132 valence electrons. The highest BCUT2D eigenvalue weighted by molar-refractivity contribution is 5.95. The summed E-state index contributed by atoms with van der Waals surface area (Å²) in [6.45, 7) is 5.60. The van der Waals surface area contributed by atoms with Crippen LogP contribution in [0.5, 0.6) is 0 Å². The van der Waals surface area contributed by atoms with E-state index in [0.717, 1.165) is 30.9 Å². The van der Waals surface area contributed by atoms with Gasteiger partial charge in [0.2, 0.25) is 5.89 Å². The summed E-state index contributed by atoms with van der Waals surface area (Å²) in [4.78, 5) is 30.2. The number of piperazine rings is 1. The van der Waals surface area contributed by atoms with Crippen molar-refractivity contribution in [2.24, 2.45) is 0 Å². The van der Waals surface area contributed by atoms with Crippen LogP contribution in [0, 0.1) is 13.8 Å². The molecule has 1 saturated carbocycles. The molecule has 1 aliphatic heterocycles. The van der Waals surface area contributed by atoms with Crippen molar-refractivity contribution in [1.29, 1.82) is 0 Å². The third-order valence-electron chi connectivity index (χ3n) is 4.90. The van der Waals surface area contributed by atoms with Gasteiger partial charge >= 0.3 is 0 Å². The number of aryl methyl sites for hydroxylation is 2. The monoisotopic (exact) mass is 342 g/mol. The molecule has 0 unspecified atom stereocenters. The average Bonchev–Trinajstić information content (AvgIpc) is 3.36. The molecule has 2 aromatic heterocycles. The fourth-order valence-corrected chi connectivity index (χ4v) is 3.26. The number of hydrogen-bond acceptors (Lipinski definition) is 7. The van der Waals surface area contributed by atoms with Crippen LogP contribution in [0.15, 0.2) is 10.7 Å². The van der Waals surface area contributed by atoms with Crippen molar-refractivity contribution < 1.29 is 9.32 Å². The predicted octanol–water partition coefficient (Wildman–Crippen LogP) is 1.48. The topological polar surface area (TPSA) is 88.2 Å². The first-order chi connectivity index (χ1) is 12.0. The van der Waals surface area contributed by atoms with E-state index in [-0.39, 0.29) is 11.9 Å². The fourth-order valence-electron chi connectivity index (χ4n) is 3.26. The number of nitrogens with zero attached hydrogens (tertiary/aromatic N) is 6. The minimum atomic E-state index is -0.0883. The van der Waals surface area contributed by atoms with E-state index < -0.39 is 0 Å². The first kappa shape index (κ1) is 16.1. The highest BCUT2D eigenvalue weighted by Gasteiger charge is 2.35. The molecule has 2 aromatic rings. The zero-order valence-corrected chi connectivity index (χ0v) is 14.8. The highest BCUT2D eigenvalue weighted by atomic mass is 16.5. The standard InChI is InChI=1S/C17H22N6O2/c1-10-18-8-13(15(19-10)12-4-5-12)17(24)23-7-6-22(3)14(9-23)16-20-11(2)21-25-16/h8,12,14H,4-7,9H2,1-3H3/t14-/m0/s1. The zero-order chi connectivity index (χ0) is 17.6. The Hall–Kier alpha value is -2.35. The summed E-state index contributed by atoms with van der Waals surface area (Å²) in [5.41, 5.74) is 1.54. The van der Waals surface area contributed by atoms with Gasteiger partial charge in [-0.15, -0.1) is 0 Å². The molecular weight excluding hydrogens is 320 g/mol. The lowest BCUT2D eigenvalue weighted by Gasteiger charge is -2.37. The van der Waals surface area contributed by atoms with Gasteiger partial charge in [0, 0.05) is 31.7 Å². The van der Waals surface area contributed by atoms with Crippen molar-refractivity contribution in [3.8, 4) is 0 Å². The maximum absolute atomic E-state index is 13.1. The van der Waals surface area contributed by atoms with Crippen LogP contribution >= 0.6 is 0 Å². The van der Waals surface area contributed by atoms with E-state index in [1.165, 1.54) is 0 Å². The molecule has 1 aliphatic carbocycles. The van der Waals surface area contributed by atoms with Gasteiger partial charge in [0.15, 0.2) is 5.82 Å². The first-order valence-electron chi connectivity index (χ1n) is 8.66. The van der Waals surface area contributed by atoms with E-state index in [1.807, 2.05) is 18.9 Å². The molecule has 8 heteroatoms. The van der Waals surface area contributed by atoms with Crippen LogP contribution in [0.3, 0.4) is 0 Å². The Morgan fingerprint density at radius 3 is 2.68 bits per heavy atom. The molecular formula is C17H22N6O2. The largest absolute Gasteiger partial charge is 0.338 e. The summed E-state index contributed by atoms with van der Waals surface area (Å²) in [7, 11) is 2.01. The van der Waals surface area contributed by atoms with Crippen LogP contribution in [0.4, 0.5) is 0 Å². The van der Waals surface area contributed by atoms with Gasteiger partial charge in [0.25, 0.3) is 5.91 Å². The molecule has 3 heterocycles. The lowest BCUT2D eigenvalue weighted by molar-refractivity contribution is 0.0487. The molecule has 0 spiro atoms. The van der Waals surface area contributed by atoms with Gasteiger partial charge < -0.3 is 9.42 Å². The van der Waals surface area contributed by atoms with Crippen molar-refractivity contribution in [2.45, 2.75) is 38.6 Å². The zero-order valence-electron chi connectivity index (χ0n) is 14.8. The molecule has 0 aromatic carbocycles. The molecule has 1 saturated heterocycles. The minimum Gasteiger partial charge on any atom is -0.338 e. The van der Waals surface area contributed by atoms with E-state index in [4.69, 9.17) is 4.52 Å². The normalized spacial score (nSPS) is 21.6. The molecule has 0 bridgehead atoms. The maximum Gasteiger partial charge on any atom is 0.257 e. The van der Waals surface area contributed by atoms with Crippen LogP contribution < -0.4 is 0 Å². The van der Waals surface area contributed by atoms with Crippen LogP contribution in [-0.2, 0) is 0 Å². The van der Waals surface area contributed by atoms with Crippen molar-refractivity contribution in [3.63, 3.8) is 0 Å². The van der Waals surface area contributed by atoms with E-state index in [2.05, 4.69) is 25.0 Å². The Balaban J connectivity index is 1.58. The number of hydrogen-bond donors (Lipinski definition) is 0. The summed E-state index contributed by atoms with van der Waals surface area (Å²) >= 11 is 0. The number of likely N-dealkylation sites (N-methyl/N-ethyl adjacent to an activating group) is 1. The van der Waals surface area contributed by atoms with Crippen molar-refractivity contribution >= 4 is 5.91 Å². The Labute approximate surface area is 146 Å². The quantitative estimate of drug-likeness (QED) is 0.835. The smallest absolute Gasteiger partial charge is 0.257 e. The van der Waals surface area contributed by atoms with Crippen molar-refractivity contribution in [3.05, 3.63) is 35.0 Å². The van der Waals surface area contributed by atoms with Crippen LogP contribution in [0.2, 0.25) is 0 Å². The lowest BCUT2D eigenvalue weighted by Crippen LogP contribution is -2.49. The molecule has 1 amide bonds. The van der Waals surface area contributed by atoms with Crippen LogP contribution in [-0.4, -0.2) is 62.5 Å². The van der Waals surface area contributed by atoms with Crippen LogP contribution in [0.25, 0.3) is 0 Å². The highest BCUT2D eigenvalue weighted by Crippen LogP contribution is 2.40. The second kappa shape index (κ2) is 6.18. The van der Waals surface area contributed by atoms with Gasteiger partial charge in [0.1, 0.15) is 11.9 Å². The van der Waals surface area contributed by atoms with Gasteiger partial charge in [-0.2, -0.15) is 4.98 Å². The average molecular weight is 342 g/mol. The van der Waals surface area contributed by atoms with Gasteiger partial charge in [-0.25, -0.2) is 9.97 Å². The SMILES string of the molecule is Cc1noc([C@@H]2CN(C(=O)c3cnc(C)nc3C3CC3)CCN2C)n1. The van der Waals surface area contributed by atoms with E-state index in [9.17, 15) is 4.79 Å². The summed E-state index contributed by atoms with van der Waals surface area (Å²) in [5.74, 6) is 2.28. The Bertz CT molecular complexity index is 800. The maximum atomic E-state index is 13.1. The minimum absolute atomic E-state index is 0.00348.